The molecule has 1 heterocycles. The Kier molecular flexibility index (Phi) is 6.02. The summed E-state index contributed by atoms with van der Waals surface area (Å²) in [6, 6.07) is 9.63. The maximum absolute atomic E-state index is 12.4. The number of nitrogens with zero attached hydrogens (tertiary/aromatic N) is 2. The maximum Gasteiger partial charge on any atom is 0.238 e. The molecule has 0 saturated heterocycles. The number of benzene rings is 1. The van der Waals surface area contributed by atoms with E-state index in [4.69, 9.17) is 5.14 Å². The van der Waals surface area contributed by atoms with E-state index >= 15 is 0 Å². The summed E-state index contributed by atoms with van der Waals surface area (Å²) in [7, 11) is -3.85. The van der Waals surface area contributed by atoms with Crippen molar-refractivity contribution in [1.29, 1.82) is 5.26 Å². The maximum atomic E-state index is 12.4. The number of aryl methyl sites for hydroxylation is 2. The first-order valence-corrected chi connectivity index (χ1v) is 10.0. The summed E-state index contributed by atoms with van der Waals surface area (Å²) >= 11 is 1.17. The van der Waals surface area contributed by atoms with Gasteiger partial charge in [-0.2, -0.15) is 5.26 Å². The number of pyridine rings is 1. The molecule has 26 heavy (non-hydrogen) atoms. The molecule has 1 amide bonds. The summed E-state index contributed by atoms with van der Waals surface area (Å²) in [5.74, 6) is -0.341. The summed E-state index contributed by atoms with van der Waals surface area (Å²) in [6.07, 6.45) is 0. The number of nitrogens with two attached hydrogens (primary N) is 1. The molecule has 2 rings (SSSR count). The van der Waals surface area contributed by atoms with Crippen LogP contribution in [0, 0.1) is 25.2 Å². The van der Waals surface area contributed by atoms with E-state index in [1.54, 1.807) is 13.0 Å². The Bertz CT molecular complexity index is 998. The number of aromatic nitrogens is 1. The number of sulfonamides is 1. The van der Waals surface area contributed by atoms with E-state index in [0.29, 0.717) is 16.3 Å². The second-order valence-corrected chi connectivity index (χ2v) is 8.59. The SMILES string of the molecule is Cc1cc(C)c(C#N)c(SC(C)C(=O)Nc2cccc(S(N)(=O)=O)c2)n1. The van der Waals surface area contributed by atoms with Crippen LogP contribution in [0.4, 0.5) is 5.69 Å². The third-order valence-electron chi connectivity index (χ3n) is 3.51. The van der Waals surface area contributed by atoms with Crippen LogP contribution >= 0.6 is 11.8 Å². The third kappa shape index (κ3) is 4.82. The number of anilines is 1. The van der Waals surface area contributed by atoms with Crippen molar-refractivity contribution in [3.63, 3.8) is 0 Å². The summed E-state index contributed by atoms with van der Waals surface area (Å²) in [4.78, 5) is 16.7. The summed E-state index contributed by atoms with van der Waals surface area (Å²) < 4.78 is 22.8. The van der Waals surface area contributed by atoms with Crippen molar-refractivity contribution in [2.75, 3.05) is 5.32 Å². The molecule has 1 aromatic carbocycles. The van der Waals surface area contributed by atoms with E-state index in [1.165, 1.54) is 30.0 Å². The Labute approximate surface area is 156 Å². The highest BCUT2D eigenvalue weighted by Gasteiger charge is 2.19. The number of carbonyl (C=O) groups is 1. The van der Waals surface area contributed by atoms with Gasteiger partial charge in [0.05, 0.1) is 15.7 Å². The number of primary sulfonamides is 1. The first kappa shape index (κ1) is 19.9. The van der Waals surface area contributed by atoms with E-state index < -0.39 is 15.3 Å². The van der Waals surface area contributed by atoms with Gasteiger partial charge in [-0.25, -0.2) is 18.5 Å². The van der Waals surface area contributed by atoms with Gasteiger partial charge in [-0.3, -0.25) is 4.79 Å². The van der Waals surface area contributed by atoms with Gasteiger partial charge in [-0.15, -0.1) is 0 Å². The van der Waals surface area contributed by atoms with Gasteiger partial charge in [-0.05, 0) is 50.6 Å². The summed E-state index contributed by atoms with van der Waals surface area (Å²) in [5, 5.41) is 17.0. The number of rotatable bonds is 5. The molecule has 0 bridgehead atoms. The number of hydrogen-bond donors (Lipinski definition) is 2. The molecule has 0 aliphatic heterocycles. The van der Waals surface area contributed by atoms with Crippen LogP contribution in [0.15, 0.2) is 40.3 Å². The lowest BCUT2D eigenvalue weighted by molar-refractivity contribution is -0.115. The van der Waals surface area contributed by atoms with Gasteiger partial charge in [0.15, 0.2) is 0 Å². The Morgan fingerprint density at radius 3 is 2.65 bits per heavy atom. The van der Waals surface area contributed by atoms with Crippen molar-refractivity contribution < 1.29 is 13.2 Å². The highest BCUT2D eigenvalue weighted by Crippen LogP contribution is 2.28. The van der Waals surface area contributed by atoms with Crippen molar-refractivity contribution in [2.24, 2.45) is 5.14 Å². The first-order chi connectivity index (χ1) is 12.1. The minimum absolute atomic E-state index is 0.0849. The number of carbonyl (C=O) groups excluding carboxylic acids is 1. The number of nitriles is 1. The highest BCUT2D eigenvalue weighted by molar-refractivity contribution is 8.00. The highest BCUT2D eigenvalue weighted by atomic mass is 32.2. The topological polar surface area (TPSA) is 126 Å². The smallest absolute Gasteiger partial charge is 0.238 e. The van der Waals surface area contributed by atoms with E-state index in [1.807, 2.05) is 19.9 Å². The monoisotopic (exact) mass is 390 g/mol. The molecular weight excluding hydrogens is 372 g/mol. The van der Waals surface area contributed by atoms with Gasteiger partial charge < -0.3 is 5.32 Å². The van der Waals surface area contributed by atoms with Crippen LogP contribution in [0.25, 0.3) is 0 Å². The second kappa shape index (κ2) is 7.86. The van der Waals surface area contributed by atoms with Crippen molar-refractivity contribution in [1.82, 2.24) is 4.98 Å². The number of amides is 1. The van der Waals surface area contributed by atoms with Crippen LogP contribution in [0.1, 0.15) is 23.7 Å². The molecule has 0 saturated carbocycles. The zero-order chi connectivity index (χ0) is 19.5. The fraction of sp³-hybridized carbons (Fsp3) is 0.235. The molecule has 7 nitrogen and oxygen atoms in total. The lowest BCUT2D eigenvalue weighted by Gasteiger charge is -2.14. The van der Waals surface area contributed by atoms with Gasteiger partial charge in [-0.1, -0.05) is 17.8 Å². The molecule has 3 N–H and O–H groups in total. The molecule has 0 fully saturated rings. The molecule has 2 aromatic rings. The Morgan fingerprint density at radius 2 is 2.04 bits per heavy atom. The van der Waals surface area contributed by atoms with Crippen LogP contribution in [-0.4, -0.2) is 24.6 Å². The quantitative estimate of drug-likeness (QED) is 0.755. The van der Waals surface area contributed by atoms with Crippen LogP contribution < -0.4 is 10.5 Å². The van der Waals surface area contributed by atoms with Crippen molar-refractivity contribution >= 4 is 33.4 Å². The Morgan fingerprint density at radius 1 is 1.35 bits per heavy atom. The van der Waals surface area contributed by atoms with Crippen molar-refractivity contribution in [2.45, 2.75) is 35.9 Å². The van der Waals surface area contributed by atoms with Gasteiger partial charge in [0.2, 0.25) is 15.9 Å². The zero-order valence-electron chi connectivity index (χ0n) is 14.5. The Hall–Kier alpha value is -2.41. The summed E-state index contributed by atoms with van der Waals surface area (Å²) in [6.45, 7) is 5.33. The number of thioether (sulfide) groups is 1. The lowest BCUT2D eigenvalue weighted by Crippen LogP contribution is -2.23. The Balaban J connectivity index is 2.18. The second-order valence-electron chi connectivity index (χ2n) is 5.69. The molecule has 0 spiro atoms. The van der Waals surface area contributed by atoms with Crippen molar-refractivity contribution in [3.8, 4) is 6.07 Å². The van der Waals surface area contributed by atoms with E-state index in [0.717, 1.165) is 11.3 Å². The van der Waals surface area contributed by atoms with Gasteiger partial charge in [0.1, 0.15) is 11.1 Å². The lowest BCUT2D eigenvalue weighted by atomic mass is 10.1. The average Bonchev–Trinajstić information content (AvgIpc) is 2.54. The molecule has 0 aliphatic carbocycles. The molecule has 1 unspecified atom stereocenters. The van der Waals surface area contributed by atoms with Crippen LogP contribution in [-0.2, 0) is 14.8 Å². The van der Waals surface area contributed by atoms with Crippen LogP contribution in [0.5, 0.6) is 0 Å². The molecule has 136 valence electrons. The van der Waals surface area contributed by atoms with Gasteiger partial charge >= 0.3 is 0 Å². The van der Waals surface area contributed by atoms with E-state index in [9.17, 15) is 18.5 Å². The van der Waals surface area contributed by atoms with Crippen LogP contribution in [0.3, 0.4) is 0 Å². The summed E-state index contributed by atoms with van der Waals surface area (Å²) in [5.41, 5.74) is 2.33. The predicted octanol–water partition coefficient (Wildman–Crippen LogP) is 2.34. The van der Waals surface area contributed by atoms with Crippen LogP contribution in [0.2, 0.25) is 0 Å². The molecule has 1 aromatic heterocycles. The number of hydrogen-bond acceptors (Lipinski definition) is 6. The average molecular weight is 390 g/mol. The minimum Gasteiger partial charge on any atom is -0.325 e. The van der Waals surface area contributed by atoms with E-state index in [2.05, 4.69) is 16.4 Å². The largest absolute Gasteiger partial charge is 0.325 e. The zero-order valence-corrected chi connectivity index (χ0v) is 16.1. The third-order valence-corrected chi connectivity index (χ3v) is 5.51. The first-order valence-electron chi connectivity index (χ1n) is 7.60. The standard InChI is InChI=1S/C17H18N4O3S2/c1-10-7-11(2)20-17(15(10)9-18)25-12(3)16(22)21-13-5-4-6-14(8-13)26(19,23)24/h4-8,12H,1-3H3,(H,21,22)(H2,19,23,24). The fourth-order valence-electron chi connectivity index (χ4n) is 2.24. The van der Waals surface area contributed by atoms with Gasteiger partial charge in [0, 0.05) is 11.4 Å². The van der Waals surface area contributed by atoms with E-state index in [-0.39, 0.29) is 10.8 Å². The molecule has 0 aliphatic rings. The predicted molar refractivity (Wildman–Crippen MR) is 100 cm³/mol. The normalized spacial score (nSPS) is 12.3. The fourth-order valence-corrected chi connectivity index (χ4v) is 3.82. The molecular formula is C17H18N4O3S2. The molecule has 0 radical (unpaired) electrons. The molecule has 1 atom stereocenters. The van der Waals surface area contributed by atoms with Gasteiger partial charge in [0.25, 0.3) is 0 Å². The number of nitrogens with one attached hydrogen (secondary N) is 1. The minimum atomic E-state index is -3.85. The molecule has 9 heteroatoms. The van der Waals surface area contributed by atoms with Crippen molar-refractivity contribution in [3.05, 3.63) is 47.2 Å².